The molecule has 1 aromatic heterocycles. The molecule has 1 aliphatic heterocycles. The number of fused-ring (bicyclic) bond motifs is 2. The number of carbonyl (C=O) groups excluding carboxylic acids is 1. The van der Waals surface area contributed by atoms with E-state index in [2.05, 4.69) is 38.3 Å². The summed E-state index contributed by atoms with van der Waals surface area (Å²) in [4.78, 5) is 12.8. The molecule has 1 N–H and O–H groups in total. The summed E-state index contributed by atoms with van der Waals surface area (Å²) in [5.74, 6) is 2.00. The standard InChI is InChI=1S/C18H22N4O/c1-12(17-21-20-16-10-5-11-22(16)17)19-18(23)15-9-4-7-13-6-2-3-8-14(13)15/h2-3,6,8,12,15H,4-5,7,9-11H2,1H3,(H,19,23)/t12-,15+/m0/s1. The van der Waals surface area contributed by atoms with Gasteiger partial charge >= 0.3 is 0 Å². The quantitative estimate of drug-likeness (QED) is 0.947. The Hall–Kier alpha value is -2.17. The van der Waals surface area contributed by atoms with Crippen molar-refractivity contribution in [1.82, 2.24) is 20.1 Å². The number of nitrogens with zero attached hydrogens (tertiary/aromatic N) is 3. The van der Waals surface area contributed by atoms with E-state index in [9.17, 15) is 4.79 Å². The van der Waals surface area contributed by atoms with E-state index in [-0.39, 0.29) is 17.9 Å². The number of nitrogens with one attached hydrogen (secondary N) is 1. The van der Waals surface area contributed by atoms with Crippen molar-refractivity contribution in [2.24, 2.45) is 0 Å². The fraction of sp³-hybridized carbons (Fsp3) is 0.500. The topological polar surface area (TPSA) is 59.8 Å². The third kappa shape index (κ3) is 2.54. The van der Waals surface area contributed by atoms with Gasteiger partial charge in [0.2, 0.25) is 5.91 Å². The van der Waals surface area contributed by atoms with Crippen LogP contribution in [0.15, 0.2) is 24.3 Å². The average molecular weight is 310 g/mol. The predicted molar refractivity (Wildman–Crippen MR) is 87.0 cm³/mol. The molecule has 5 heteroatoms. The molecule has 0 radical (unpaired) electrons. The third-order valence-corrected chi connectivity index (χ3v) is 5.07. The highest BCUT2D eigenvalue weighted by atomic mass is 16.2. The first-order valence-electron chi connectivity index (χ1n) is 8.54. The Bertz CT molecular complexity index is 736. The van der Waals surface area contributed by atoms with Gasteiger partial charge in [0.15, 0.2) is 5.82 Å². The van der Waals surface area contributed by atoms with E-state index >= 15 is 0 Å². The number of hydrogen-bond acceptors (Lipinski definition) is 3. The van der Waals surface area contributed by atoms with E-state index in [4.69, 9.17) is 0 Å². The van der Waals surface area contributed by atoms with Crippen molar-refractivity contribution >= 4 is 5.91 Å². The first-order chi connectivity index (χ1) is 11.2. The molecule has 0 spiro atoms. The fourth-order valence-corrected chi connectivity index (χ4v) is 3.90. The van der Waals surface area contributed by atoms with Gasteiger partial charge in [0.1, 0.15) is 5.82 Å². The molecule has 0 bridgehead atoms. The minimum absolute atomic E-state index is 0.0385. The second-order valence-corrected chi connectivity index (χ2v) is 6.60. The minimum Gasteiger partial charge on any atom is -0.346 e. The van der Waals surface area contributed by atoms with Crippen LogP contribution in [0.5, 0.6) is 0 Å². The number of aryl methyl sites for hydroxylation is 2. The molecule has 2 aromatic rings. The van der Waals surface area contributed by atoms with Crippen LogP contribution in [0.25, 0.3) is 0 Å². The van der Waals surface area contributed by atoms with Crippen LogP contribution < -0.4 is 5.32 Å². The zero-order valence-corrected chi connectivity index (χ0v) is 13.5. The molecule has 0 saturated carbocycles. The van der Waals surface area contributed by atoms with Gasteiger partial charge in [0.05, 0.1) is 12.0 Å². The van der Waals surface area contributed by atoms with Crippen LogP contribution in [0.4, 0.5) is 0 Å². The zero-order valence-electron chi connectivity index (χ0n) is 13.5. The van der Waals surface area contributed by atoms with E-state index in [1.807, 2.05) is 13.0 Å². The van der Waals surface area contributed by atoms with E-state index < -0.39 is 0 Å². The Balaban J connectivity index is 1.52. The van der Waals surface area contributed by atoms with Crippen molar-refractivity contribution in [3.05, 3.63) is 47.0 Å². The Morgan fingerprint density at radius 3 is 3.04 bits per heavy atom. The molecule has 2 aliphatic rings. The van der Waals surface area contributed by atoms with E-state index in [0.29, 0.717) is 0 Å². The van der Waals surface area contributed by atoms with Gasteiger partial charge in [-0.05, 0) is 43.7 Å². The number of hydrogen-bond donors (Lipinski definition) is 1. The van der Waals surface area contributed by atoms with Gasteiger partial charge in [-0.2, -0.15) is 0 Å². The van der Waals surface area contributed by atoms with Crippen LogP contribution in [0, 0.1) is 0 Å². The van der Waals surface area contributed by atoms with Crippen molar-refractivity contribution in [1.29, 1.82) is 0 Å². The molecule has 2 heterocycles. The van der Waals surface area contributed by atoms with Crippen molar-refractivity contribution < 1.29 is 4.79 Å². The highest BCUT2D eigenvalue weighted by Crippen LogP contribution is 2.32. The SMILES string of the molecule is C[C@H](NC(=O)[C@@H]1CCCc2ccccc21)c1nnc2n1CCC2. The summed E-state index contributed by atoms with van der Waals surface area (Å²) in [7, 11) is 0. The largest absolute Gasteiger partial charge is 0.346 e. The smallest absolute Gasteiger partial charge is 0.228 e. The highest BCUT2D eigenvalue weighted by molar-refractivity contribution is 5.84. The Labute approximate surface area is 136 Å². The summed E-state index contributed by atoms with van der Waals surface area (Å²) in [6, 6.07) is 8.22. The molecule has 1 aromatic carbocycles. The molecule has 0 unspecified atom stereocenters. The monoisotopic (exact) mass is 310 g/mol. The summed E-state index contributed by atoms with van der Waals surface area (Å²) in [5.41, 5.74) is 2.50. The number of carbonyl (C=O) groups is 1. The zero-order chi connectivity index (χ0) is 15.8. The van der Waals surface area contributed by atoms with Crippen LogP contribution in [-0.4, -0.2) is 20.7 Å². The first kappa shape index (κ1) is 14.4. The minimum atomic E-state index is -0.101. The molecule has 5 nitrogen and oxygen atoms in total. The van der Waals surface area contributed by atoms with Gasteiger partial charge < -0.3 is 9.88 Å². The van der Waals surface area contributed by atoms with E-state index in [1.165, 1.54) is 11.1 Å². The summed E-state index contributed by atoms with van der Waals surface area (Å²) in [6.45, 7) is 2.96. The van der Waals surface area contributed by atoms with Gasteiger partial charge in [0.25, 0.3) is 0 Å². The normalized spacial score (nSPS) is 20.7. The van der Waals surface area contributed by atoms with Crippen LogP contribution in [0.2, 0.25) is 0 Å². The van der Waals surface area contributed by atoms with E-state index in [0.717, 1.165) is 50.3 Å². The molecule has 1 aliphatic carbocycles. The van der Waals surface area contributed by atoms with Gasteiger partial charge in [-0.25, -0.2) is 0 Å². The van der Waals surface area contributed by atoms with Crippen molar-refractivity contribution in [3.8, 4) is 0 Å². The molecular formula is C18H22N4O. The Morgan fingerprint density at radius 1 is 1.26 bits per heavy atom. The number of amides is 1. The second kappa shape index (κ2) is 5.80. The Kier molecular flexibility index (Phi) is 3.63. The molecule has 120 valence electrons. The first-order valence-corrected chi connectivity index (χ1v) is 8.54. The molecule has 0 saturated heterocycles. The van der Waals surface area contributed by atoms with Gasteiger partial charge in [-0.3, -0.25) is 4.79 Å². The summed E-state index contributed by atoms with van der Waals surface area (Å²) in [5, 5.41) is 11.7. The van der Waals surface area contributed by atoms with Crippen LogP contribution in [-0.2, 0) is 24.2 Å². The maximum atomic E-state index is 12.8. The van der Waals surface area contributed by atoms with Gasteiger partial charge in [-0.1, -0.05) is 24.3 Å². The lowest BCUT2D eigenvalue weighted by Crippen LogP contribution is -2.34. The van der Waals surface area contributed by atoms with E-state index in [1.54, 1.807) is 0 Å². The number of rotatable bonds is 3. The van der Waals surface area contributed by atoms with Crippen LogP contribution in [0.1, 0.15) is 60.9 Å². The maximum absolute atomic E-state index is 12.8. The van der Waals surface area contributed by atoms with Gasteiger partial charge in [-0.15, -0.1) is 10.2 Å². The highest BCUT2D eigenvalue weighted by Gasteiger charge is 2.29. The second-order valence-electron chi connectivity index (χ2n) is 6.60. The Morgan fingerprint density at radius 2 is 2.13 bits per heavy atom. The number of aromatic nitrogens is 3. The molecule has 23 heavy (non-hydrogen) atoms. The van der Waals surface area contributed by atoms with Crippen LogP contribution in [0.3, 0.4) is 0 Å². The van der Waals surface area contributed by atoms with Crippen LogP contribution >= 0.6 is 0 Å². The summed E-state index contributed by atoms with van der Waals surface area (Å²) < 4.78 is 2.15. The van der Waals surface area contributed by atoms with Crippen molar-refractivity contribution in [2.45, 2.75) is 57.5 Å². The summed E-state index contributed by atoms with van der Waals surface area (Å²) >= 11 is 0. The lowest BCUT2D eigenvalue weighted by Gasteiger charge is -2.26. The molecule has 2 atom stereocenters. The lowest BCUT2D eigenvalue weighted by molar-refractivity contribution is -0.123. The molecule has 4 rings (SSSR count). The maximum Gasteiger partial charge on any atom is 0.228 e. The molecule has 0 fully saturated rings. The van der Waals surface area contributed by atoms with Gasteiger partial charge in [0, 0.05) is 13.0 Å². The predicted octanol–water partition coefficient (Wildman–Crippen LogP) is 2.52. The average Bonchev–Trinajstić information content (AvgIpc) is 3.17. The molecular weight excluding hydrogens is 288 g/mol. The van der Waals surface area contributed by atoms with Crippen molar-refractivity contribution in [2.75, 3.05) is 0 Å². The van der Waals surface area contributed by atoms with Crippen molar-refractivity contribution in [3.63, 3.8) is 0 Å². The lowest BCUT2D eigenvalue weighted by atomic mass is 9.82. The fourth-order valence-electron chi connectivity index (χ4n) is 3.90. The number of benzene rings is 1. The third-order valence-electron chi connectivity index (χ3n) is 5.07. The summed E-state index contributed by atoms with van der Waals surface area (Å²) in [6.07, 6.45) is 5.18. The molecule has 1 amide bonds.